The van der Waals surface area contributed by atoms with Crippen LogP contribution in [0.15, 0.2) is 49.1 Å². The zero-order chi connectivity index (χ0) is 16.5. The van der Waals surface area contributed by atoms with E-state index in [0.717, 1.165) is 34.1 Å². The van der Waals surface area contributed by atoms with Crippen LogP contribution in [0, 0.1) is 13.8 Å². The SMILES string of the molecule is Cc1cc(NCc2ccccc2-n2cncn2)n2nc(C)cc2n1. The minimum Gasteiger partial charge on any atom is -0.366 e. The number of hydrogen-bond acceptors (Lipinski definition) is 5. The molecule has 0 bridgehead atoms. The summed E-state index contributed by atoms with van der Waals surface area (Å²) < 4.78 is 3.60. The largest absolute Gasteiger partial charge is 0.366 e. The lowest BCUT2D eigenvalue weighted by Crippen LogP contribution is -2.09. The molecule has 1 N–H and O–H groups in total. The molecule has 4 aromatic rings. The van der Waals surface area contributed by atoms with Gasteiger partial charge in [0.1, 0.15) is 18.5 Å². The average Bonchev–Trinajstić information content (AvgIpc) is 3.21. The number of nitrogens with zero attached hydrogens (tertiary/aromatic N) is 6. The third-order valence-corrected chi connectivity index (χ3v) is 3.79. The predicted octanol–water partition coefficient (Wildman–Crippen LogP) is 2.54. The van der Waals surface area contributed by atoms with E-state index >= 15 is 0 Å². The Morgan fingerprint density at radius 3 is 2.79 bits per heavy atom. The standard InChI is InChI=1S/C17H17N7/c1-12-7-16(24-17(21-12)8-13(2)22-24)19-9-14-5-3-4-6-15(14)23-11-18-10-20-23/h3-8,10-11,19H,9H2,1-2H3. The Balaban J connectivity index is 1.67. The first-order chi connectivity index (χ1) is 11.7. The lowest BCUT2D eigenvalue weighted by Gasteiger charge is -2.12. The van der Waals surface area contributed by atoms with Gasteiger partial charge in [-0.25, -0.2) is 14.6 Å². The molecular formula is C17H17N7. The highest BCUT2D eigenvalue weighted by Gasteiger charge is 2.08. The zero-order valence-electron chi connectivity index (χ0n) is 13.5. The molecule has 0 atom stereocenters. The molecule has 0 aliphatic heterocycles. The van der Waals surface area contributed by atoms with E-state index in [1.54, 1.807) is 11.0 Å². The third-order valence-electron chi connectivity index (χ3n) is 3.79. The molecule has 0 radical (unpaired) electrons. The molecule has 4 rings (SSSR count). The molecule has 7 nitrogen and oxygen atoms in total. The van der Waals surface area contributed by atoms with Crippen molar-refractivity contribution in [3.05, 3.63) is 66.0 Å². The minimum absolute atomic E-state index is 0.646. The molecule has 0 aliphatic carbocycles. The summed E-state index contributed by atoms with van der Waals surface area (Å²) in [6.07, 6.45) is 3.23. The molecule has 120 valence electrons. The predicted molar refractivity (Wildman–Crippen MR) is 91.1 cm³/mol. The van der Waals surface area contributed by atoms with E-state index in [1.165, 1.54) is 6.33 Å². The van der Waals surface area contributed by atoms with Gasteiger partial charge in [0.15, 0.2) is 5.65 Å². The Morgan fingerprint density at radius 2 is 1.96 bits per heavy atom. The quantitative estimate of drug-likeness (QED) is 0.626. The molecule has 0 saturated heterocycles. The van der Waals surface area contributed by atoms with Crippen molar-refractivity contribution in [2.24, 2.45) is 0 Å². The van der Waals surface area contributed by atoms with Gasteiger partial charge in [0.05, 0.1) is 11.4 Å². The van der Waals surface area contributed by atoms with Gasteiger partial charge in [0.2, 0.25) is 0 Å². The van der Waals surface area contributed by atoms with Gasteiger partial charge in [0, 0.05) is 24.4 Å². The fraction of sp³-hybridized carbons (Fsp3) is 0.176. The summed E-state index contributed by atoms with van der Waals surface area (Å²) in [5.41, 5.74) is 4.86. The van der Waals surface area contributed by atoms with E-state index in [4.69, 9.17) is 0 Å². The van der Waals surface area contributed by atoms with E-state index in [9.17, 15) is 0 Å². The Morgan fingerprint density at radius 1 is 1.08 bits per heavy atom. The number of aromatic nitrogens is 6. The number of rotatable bonds is 4. The molecule has 0 spiro atoms. The van der Waals surface area contributed by atoms with Crippen LogP contribution in [0.2, 0.25) is 0 Å². The summed E-state index contributed by atoms with van der Waals surface area (Å²) >= 11 is 0. The van der Waals surface area contributed by atoms with Gasteiger partial charge in [-0.2, -0.15) is 14.7 Å². The highest BCUT2D eigenvalue weighted by molar-refractivity contribution is 5.51. The summed E-state index contributed by atoms with van der Waals surface area (Å²) in [6, 6.07) is 12.1. The van der Waals surface area contributed by atoms with Gasteiger partial charge < -0.3 is 5.32 Å². The van der Waals surface area contributed by atoms with Crippen LogP contribution in [0.5, 0.6) is 0 Å². The van der Waals surface area contributed by atoms with Gasteiger partial charge >= 0.3 is 0 Å². The molecule has 0 amide bonds. The first-order valence-electron chi connectivity index (χ1n) is 7.71. The van der Waals surface area contributed by atoms with Crippen molar-refractivity contribution in [2.45, 2.75) is 20.4 Å². The Kier molecular flexibility index (Phi) is 3.45. The maximum absolute atomic E-state index is 4.51. The number of aryl methyl sites for hydroxylation is 2. The molecule has 7 heteroatoms. The molecular weight excluding hydrogens is 302 g/mol. The van der Waals surface area contributed by atoms with Gasteiger partial charge in [-0.1, -0.05) is 18.2 Å². The van der Waals surface area contributed by atoms with E-state index in [0.29, 0.717) is 6.54 Å². The van der Waals surface area contributed by atoms with Crippen LogP contribution < -0.4 is 5.32 Å². The summed E-state index contributed by atoms with van der Waals surface area (Å²) in [5, 5.41) is 12.2. The van der Waals surface area contributed by atoms with Crippen LogP contribution in [0.4, 0.5) is 5.82 Å². The van der Waals surface area contributed by atoms with Crippen LogP contribution in [-0.4, -0.2) is 29.4 Å². The first-order valence-corrected chi connectivity index (χ1v) is 7.71. The Bertz CT molecular complexity index is 986. The minimum atomic E-state index is 0.646. The summed E-state index contributed by atoms with van der Waals surface area (Å²) in [5.74, 6) is 0.916. The summed E-state index contributed by atoms with van der Waals surface area (Å²) in [6.45, 7) is 4.60. The van der Waals surface area contributed by atoms with Crippen LogP contribution in [-0.2, 0) is 6.54 Å². The maximum Gasteiger partial charge on any atom is 0.157 e. The number of para-hydroxylation sites is 1. The van der Waals surface area contributed by atoms with Crippen LogP contribution >= 0.6 is 0 Å². The number of benzene rings is 1. The molecule has 24 heavy (non-hydrogen) atoms. The van der Waals surface area contributed by atoms with Crippen LogP contribution in [0.25, 0.3) is 11.3 Å². The van der Waals surface area contributed by atoms with E-state index in [1.807, 2.05) is 48.7 Å². The van der Waals surface area contributed by atoms with Crippen LogP contribution in [0.3, 0.4) is 0 Å². The molecule has 3 heterocycles. The number of fused-ring (bicyclic) bond motifs is 1. The fourth-order valence-electron chi connectivity index (χ4n) is 2.74. The van der Waals surface area contributed by atoms with Gasteiger partial charge in [0.25, 0.3) is 0 Å². The smallest absolute Gasteiger partial charge is 0.157 e. The van der Waals surface area contributed by atoms with Crippen molar-refractivity contribution in [1.82, 2.24) is 29.4 Å². The topological polar surface area (TPSA) is 72.9 Å². The van der Waals surface area contributed by atoms with E-state index in [2.05, 4.69) is 31.5 Å². The first kappa shape index (κ1) is 14.4. The lowest BCUT2D eigenvalue weighted by molar-refractivity contribution is 0.856. The molecule has 0 aliphatic rings. The third kappa shape index (κ3) is 2.60. The number of nitrogens with one attached hydrogen (secondary N) is 1. The second kappa shape index (κ2) is 5.77. The zero-order valence-corrected chi connectivity index (χ0v) is 13.5. The number of hydrogen-bond donors (Lipinski definition) is 1. The van der Waals surface area contributed by atoms with Crippen molar-refractivity contribution in [2.75, 3.05) is 5.32 Å². The highest BCUT2D eigenvalue weighted by Crippen LogP contribution is 2.17. The summed E-state index contributed by atoms with van der Waals surface area (Å²) in [4.78, 5) is 8.53. The van der Waals surface area contributed by atoms with E-state index < -0.39 is 0 Å². The highest BCUT2D eigenvalue weighted by atomic mass is 15.3. The monoisotopic (exact) mass is 319 g/mol. The van der Waals surface area contributed by atoms with E-state index in [-0.39, 0.29) is 0 Å². The Labute approximate surface area is 139 Å². The van der Waals surface area contributed by atoms with Crippen molar-refractivity contribution in [1.29, 1.82) is 0 Å². The second-order valence-corrected chi connectivity index (χ2v) is 5.66. The van der Waals surface area contributed by atoms with Crippen molar-refractivity contribution in [3.63, 3.8) is 0 Å². The van der Waals surface area contributed by atoms with Gasteiger partial charge in [-0.3, -0.25) is 0 Å². The molecule has 1 aromatic carbocycles. The van der Waals surface area contributed by atoms with Crippen molar-refractivity contribution in [3.8, 4) is 5.69 Å². The fourth-order valence-corrected chi connectivity index (χ4v) is 2.74. The van der Waals surface area contributed by atoms with Gasteiger partial charge in [-0.15, -0.1) is 0 Å². The molecule has 3 aromatic heterocycles. The van der Waals surface area contributed by atoms with Gasteiger partial charge in [-0.05, 0) is 25.5 Å². The number of anilines is 1. The molecule has 0 fully saturated rings. The molecule has 0 unspecified atom stereocenters. The Hall–Kier alpha value is -3.22. The van der Waals surface area contributed by atoms with Crippen molar-refractivity contribution < 1.29 is 0 Å². The normalized spacial score (nSPS) is 11.1. The maximum atomic E-state index is 4.51. The average molecular weight is 319 g/mol. The summed E-state index contributed by atoms with van der Waals surface area (Å²) in [7, 11) is 0. The lowest BCUT2D eigenvalue weighted by atomic mass is 10.2. The second-order valence-electron chi connectivity index (χ2n) is 5.66. The van der Waals surface area contributed by atoms with Crippen molar-refractivity contribution >= 4 is 11.5 Å². The molecule has 0 saturated carbocycles. The van der Waals surface area contributed by atoms with Crippen LogP contribution in [0.1, 0.15) is 17.0 Å².